The van der Waals surface area contributed by atoms with Gasteiger partial charge in [0.25, 0.3) is 0 Å². The molecule has 0 saturated carbocycles. The standard InChI is InChI=1S/C22H25.C2H6Si.2ClH.Zr/c1-5-7-16-14-18-8-6-9-20(21(18)15-16)17-10-12-19(13-11-17)22(2,3)4;1-3-2;;;/h6,8-15H,5,7H2,1-4H3;1-2H3;2*1H;/q;;;;+2/p-2. The van der Waals surface area contributed by atoms with Gasteiger partial charge in [0.15, 0.2) is 0 Å². The van der Waals surface area contributed by atoms with Gasteiger partial charge in [-0.25, -0.2) is 0 Å². The minimum atomic E-state index is -0.354. The maximum absolute atomic E-state index is 2.56. The molecule has 28 heavy (non-hydrogen) atoms. The summed E-state index contributed by atoms with van der Waals surface area (Å²) in [4.78, 5) is 0. The van der Waals surface area contributed by atoms with E-state index >= 15 is 0 Å². The summed E-state index contributed by atoms with van der Waals surface area (Å²) in [6, 6.07) is 16.3. The van der Waals surface area contributed by atoms with Crippen LogP contribution in [-0.4, -0.2) is 5.92 Å². The van der Waals surface area contributed by atoms with E-state index in [1.54, 1.807) is 11.1 Å². The summed E-state index contributed by atoms with van der Waals surface area (Å²) >= 11 is -0.354. The molecule has 0 nitrogen and oxygen atoms in total. The first-order valence-corrected chi connectivity index (χ1v) is 17.4. The van der Waals surface area contributed by atoms with Crippen LogP contribution in [-0.2, 0) is 27.8 Å². The maximum Gasteiger partial charge on any atom is -1.00 e. The third kappa shape index (κ3) is 5.72. The van der Waals surface area contributed by atoms with Gasteiger partial charge in [0, 0.05) is 0 Å². The largest absolute Gasteiger partial charge is 1.00 e. The quantitative estimate of drug-likeness (QED) is 0.532. The molecule has 149 valence electrons. The zero-order valence-electron chi connectivity index (χ0n) is 17.9. The van der Waals surface area contributed by atoms with Crippen LogP contribution in [0.4, 0.5) is 0 Å². The summed E-state index contributed by atoms with van der Waals surface area (Å²) in [5.74, 6) is -0.0789. The SMILES string of the molecule is CCCC1=Cc2c(-c3ccc(C(C)(C)C)cc3)cccc2[CH]1[Zr+2][Si](C)C.[Cl-].[Cl-]. The number of fused-ring (bicyclic) bond motifs is 1. The van der Waals surface area contributed by atoms with Crippen molar-refractivity contribution >= 4 is 12.0 Å². The summed E-state index contributed by atoms with van der Waals surface area (Å²) in [6.45, 7) is 14.2. The van der Waals surface area contributed by atoms with Crippen LogP contribution in [0.3, 0.4) is 0 Å². The van der Waals surface area contributed by atoms with Crippen molar-refractivity contribution in [3.8, 4) is 11.1 Å². The van der Waals surface area contributed by atoms with Gasteiger partial charge >= 0.3 is 173 Å². The number of allylic oxidation sites excluding steroid dienone is 1. The van der Waals surface area contributed by atoms with E-state index in [-0.39, 0.29) is 58.5 Å². The molecule has 0 aromatic heterocycles. The van der Waals surface area contributed by atoms with Gasteiger partial charge in [0.1, 0.15) is 0 Å². The fourth-order valence-electron chi connectivity index (χ4n) is 3.83. The van der Waals surface area contributed by atoms with E-state index in [4.69, 9.17) is 0 Å². The molecule has 1 aliphatic rings. The van der Waals surface area contributed by atoms with Gasteiger partial charge in [0.05, 0.1) is 0 Å². The fourth-order valence-corrected chi connectivity index (χ4v) is 12.7. The predicted octanol–water partition coefficient (Wildman–Crippen LogP) is 1.23. The smallest absolute Gasteiger partial charge is 1.00 e. The van der Waals surface area contributed by atoms with Crippen molar-refractivity contribution in [1.29, 1.82) is 0 Å². The number of halogens is 2. The molecular formula is C24H31Cl2SiZr. The Hall–Kier alpha value is -0.140. The summed E-state index contributed by atoms with van der Waals surface area (Å²) in [6.07, 6.45) is 5.10. The van der Waals surface area contributed by atoms with Gasteiger partial charge in [-0.1, -0.05) is 0 Å². The van der Waals surface area contributed by atoms with Crippen LogP contribution >= 0.6 is 0 Å². The van der Waals surface area contributed by atoms with Crippen molar-refractivity contribution in [3.63, 3.8) is 0 Å². The Morgan fingerprint density at radius 3 is 2.14 bits per heavy atom. The van der Waals surface area contributed by atoms with Crippen molar-refractivity contribution in [3.05, 3.63) is 64.7 Å². The first-order valence-electron chi connectivity index (χ1n) is 9.82. The normalized spacial score (nSPS) is 15.2. The predicted molar refractivity (Wildman–Crippen MR) is 114 cm³/mol. The zero-order valence-corrected chi connectivity index (χ0v) is 22.8. The Kier molecular flexibility index (Phi) is 9.95. The average molecular weight is 510 g/mol. The maximum atomic E-state index is 2.56. The summed E-state index contributed by atoms with van der Waals surface area (Å²) in [5.41, 5.74) is 9.32. The second-order valence-electron chi connectivity index (χ2n) is 8.68. The molecular weight excluding hydrogens is 478 g/mol. The second-order valence-corrected chi connectivity index (χ2v) is 21.9. The molecule has 0 aliphatic heterocycles. The molecule has 0 bridgehead atoms. The fraction of sp³-hybridized carbons (Fsp3) is 0.417. The first kappa shape index (κ1) is 25.9. The van der Waals surface area contributed by atoms with Gasteiger partial charge in [-0.2, -0.15) is 0 Å². The Morgan fingerprint density at radius 2 is 1.61 bits per heavy atom. The molecule has 0 N–H and O–H groups in total. The zero-order chi connectivity index (χ0) is 18.9. The van der Waals surface area contributed by atoms with Gasteiger partial charge in [0.2, 0.25) is 0 Å². The van der Waals surface area contributed by atoms with Crippen molar-refractivity contribution in [2.45, 2.75) is 62.7 Å². The number of rotatable bonds is 5. The molecule has 2 aromatic carbocycles. The van der Waals surface area contributed by atoms with Crippen LogP contribution in [0.2, 0.25) is 13.1 Å². The van der Waals surface area contributed by atoms with Gasteiger partial charge in [-0.05, 0) is 0 Å². The first-order chi connectivity index (χ1) is 12.3. The van der Waals surface area contributed by atoms with E-state index in [2.05, 4.69) is 89.3 Å². The molecule has 0 fully saturated rings. The Bertz CT molecular complexity index is 804. The van der Waals surface area contributed by atoms with Crippen LogP contribution in [0.5, 0.6) is 0 Å². The van der Waals surface area contributed by atoms with Crippen LogP contribution < -0.4 is 24.8 Å². The van der Waals surface area contributed by atoms with Gasteiger partial charge in [-0.15, -0.1) is 0 Å². The molecule has 1 unspecified atom stereocenters. The average Bonchev–Trinajstić information content (AvgIpc) is 2.92. The summed E-state index contributed by atoms with van der Waals surface area (Å²) in [7, 11) is 0. The molecule has 1 radical (unpaired) electrons. The molecule has 0 spiro atoms. The molecule has 2 aromatic rings. The third-order valence-electron chi connectivity index (χ3n) is 5.18. The molecule has 0 amide bonds. The second kappa shape index (κ2) is 10.8. The Balaban J connectivity index is 0.00000196. The van der Waals surface area contributed by atoms with E-state index in [9.17, 15) is 0 Å². The monoisotopic (exact) mass is 507 g/mol. The van der Waals surface area contributed by atoms with Crippen molar-refractivity contribution in [2.24, 2.45) is 0 Å². The van der Waals surface area contributed by atoms with E-state index < -0.39 is 0 Å². The van der Waals surface area contributed by atoms with E-state index in [1.165, 1.54) is 35.1 Å². The Morgan fingerprint density at radius 1 is 0.964 bits per heavy atom. The number of benzene rings is 2. The van der Waals surface area contributed by atoms with Crippen LogP contribution in [0.1, 0.15) is 60.9 Å². The summed E-state index contributed by atoms with van der Waals surface area (Å²) in [5, 5.41) is 0. The molecule has 3 rings (SSSR count). The van der Waals surface area contributed by atoms with Crippen LogP contribution in [0.15, 0.2) is 48.0 Å². The molecule has 0 saturated heterocycles. The van der Waals surface area contributed by atoms with Crippen molar-refractivity contribution < 1.29 is 47.2 Å². The number of hydrogen-bond acceptors (Lipinski definition) is 0. The van der Waals surface area contributed by atoms with E-state index in [0.29, 0.717) is 0 Å². The van der Waals surface area contributed by atoms with Crippen molar-refractivity contribution in [2.75, 3.05) is 0 Å². The van der Waals surface area contributed by atoms with Gasteiger partial charge < -0.3 is 24.8 Å². The molecule has 0 heterocycles. The Labute approximate surface area is 196 Å². The molecule has 1 atom stereocenters. The van der Waals surface area contributed by atoms with E-state index in [0.717, 1.165) is 3.63 Å². The third-order valence-corrected chi connectivity index (χ3v) is 14.1. The molecule has 4 heteroatoms. The topological polar surface area (TPSA) is 0 Å². The molecule has 1 aliphatic carbocycles. The van der Waals surface area contributed by atoms with Gasteiger partial charge in [-0.3, -0.25) is 0 Å². The van der Waals surface area contributed by atoms with E-state index in [1.807, 2.05) is 0 Å². The minimum absolute atomic E-state index is 0. The van der Waals surface area contributed by atoms with Crippen molar-refractivity contribution in [1.82, 2.24) is 0 Å². The number of hydrogen-bond donors (Lipinski definition) is 0. The van der Waals surface area contributed by atoms with Crippen LogP contribution in [0, 0.1) is 0 Å². The minimum Gasteiger partial charge on any atom is -1.00 e. The summed E-state index contributed by atoms with van der Waals surface area (Å²) < 4.78 is 0.825. The van der Waals surface area contributed by atoms with Crippen LogP contribution in [0.25, 0.3) is 17.2 Å².